The zero-order chi connectivity index (χ0) is 14.6. The summed E-state index contributed by atoms with van der Waals surface area (Å²) in [6.07, 6.45) is 0.336. The summed E-state index contributed by atoms with van der Waals surface area (Å²) in [6, 6.07) is 4.60. The fraction of sp³-hybridized carbons (Fsp3) is 0.500. The molecule has 0 aromatic heterocycles. The van der Waals surface area contributed by atoms with Crippen molar-refractivity contribution in [3.05, 3.63) is 33.8 Å². The molecule has 2 unspecified atom stereocenters. The van der Waals surface area contributed by atoms with Crippen molar-refractivity contribution >= 4 is 33.0 Å². The fourth-order valence-electron chi connectivity index (χ4n) is 1.71. The van der Waals surface area contributed by atoms with Crippen LogP contribution >= 0.6 is 23.2 Å². The predicted octanol–water partition coefficient (Wildman–Crippen LogP) is 2.05. The summed E-state index contributed by atoms with van der Waals surface area (Å²) < 4.78 is 22.2. The van der Waals surface area contributed by atoms with Gasteiger partial charge < -0.3 is 10.4 Å². The van der Waals surface area contributed by atoms with Gasteiger partial charge in [0.2, 0.25) is 0 Å². The molecule has 2 atom stereocenters. The second kappa shape index (κ2) is 6.90. The van der Waals surface area contributed by atoms with E-state index in [2.05, 4.69) is 5.32 Å². The van der Waals surface area contributed by atoms with E-state index in [1.807, 2.05) is 0 Å². The molecular weight excluding hydrogens is 309 g/mol. The minimum atomic E-state index is -3.04. The smallest absolute Gasteiger partial charge is 0.148 e. The highest BCUT2D eigenvalue weighted by molar-refractivity contribution is 7.90. The lowest BCUT2D eigenvalue weighted by atomic mass is 10.1. The van der Waals surface area contributed by atoms with Crippen molar-refractivity contribution in [1.82, 2.24) is 5.32 Å². The van der Waals surface area contributed by atoms with Crippen molar-refractivity contribution in [3.8, 4) is 0 Å². The van der Waals surface area contributed by atoms with Crippen LogP contribution in [0.5, 0.6) is 0 Å². The lowest BCUT2D eigenvalue weighted by Gasteiger charge is -2.17. The van der Waals surface area contributed by atoms with E-state index in [0.29, 0.717) is 15.6 Å². The van der Waals surface area contributed by atoms with E-state index in [-0.39, 0.29) is 18.3 Å². The van der Waals surface area contributed by atoms with Crippen molar-refractivity contribution < 1.29 is 13.5 Å². The Hall–Kier alpha value is -0.330. The molecule has 2 N–H and O–H groups in total. The summed E-state index contributed by atoms with van der Waals surface area (Å²) in [4.78, 5) is 0. The predicted molar refractivity (Wildman–Crippen MR) is 78.6 cm³/mol. The first-order chi connectivity index (χ1) is 8.69. The van der Waals surface area contributed by atoms with E-state index in [1.165, 1.54) is 6.26 Å². The molecule has 0 saturated heterocycles. The van der Waals surface area contributed by atoms with Gasteiger partial charge in [0.05, 0.1) is 11.9 Å². The first-order valence-corrected chi connectivity index (χ1v) is 8.55. The van der Waals surface area contributed by atoms with E-state index in [1.54, 1.807) is 25.1 Å². The average Bonchev–Trinajstić information content (AvgIpc) is 2.27. The summed E-state index contributed by atoms with van der Waals surface area (Å²) >= 11 is 11.8. The normalized spacial score (nSPS) is 15.2. The lowest BCUT2D eigenvalue weighted by Crippen LogP contribution is -2.35. The number of sulfone groups is 1. The van der Waals surface area contributed by atoms with Crippen LogP contribution in [0.3, 0.4) is 0 Å². The topological polar surface area (TPSA) is 66.4 Å². The second-order valence-electron chi connectivity index (χ2n) is 4.58. The number of nitrogens with one attached hydrogen (secondary N) is 1. The number of aliphatic hydroxyl groups excluding tert-OH is 1. The Bertz CT molecular complexity index is 534. The molecule has 0 heterocycles. The quantitative estimate of drug-likeness (QED) is 0.840. The SMILES string of the molecule is CC(CS(C)(=O)=O)NCC(O)c1cc(Cl)ccc1Cl. The summed E-state index contributed by atoms with van der Waals surface area (Å²) in [7, 11) is -3.04. The average molecular weight is 326 g/mol. The van der Waals surface area contributed by atoms with Crippen molar-refractivity contribution in [2.45, 2.75) is 19.1 Å². The standard InChI is InChI=1S/C12H17Cl2NO3S/c1-8(7-19(2,17)18)15-6-12(16)10-5-9(13)3-4-11(10)14/h3-5,8,12,15-16H,6-7H2,1-2H3. The van der Waals surface area contributed by atoms with Gasteiger partial charge in [-0.1, -0.05) is 23.2 Å². The van der Waals surface area contributed by atoms with Gasteiger partial charge in [-0.3, -0.25) is 0 Å². The van der Waals surface area contributed by atoms with Gasteiger partial charge in [-0.05, 0) is 25.1 Å². The molecule has 7 heteroatoms. The van der Waals surface area contributed by atoms with E-state index in [9.17, 15) is 13.5 Å². The van der Waals surface area contributed by atoms with Crippen molar-refractivity contribution in [1.29, 1.82) is 0 Å². The zero-order valence-corrected chi connectivity index (χ0v) is 13.1. The Morgan fingerprint density at radius 1 is 1.37 bits per heavy atom. The van der Waals surface area contributed by atoms with Gasteiger partial charge in [0.15, 0.2) is 0 Å². The van der Waals surface area contributed by atoms with E-state index < -0.39 is 15.9 Å². The maximum absolute atomic E-state index is 11.1. The second-order valence-corrected chi connectivity index (χ2v) is 7.61. The first kappa shape index (κ1) is 16.7. The summed E-state index contributed by atoms with van der Waals surface area (Å²) in [5.41, 5.74) is 0.522. The molecule has 0 spiro atoms. The first-order valence-electron chi connectivity index (χ1n) is 5.73. The van der Waals surface area contributed by atoms with Crippen LogP contribution in [0, 0.1) is 0 Å². The maximum Gasteiger partial charge on any atom is 0.148 e. The number of hydrogen-bond acceptors (Lipinski definition) is 4. The fourth-order valence-corrected chi connectivity index (χ4v) is 3.16. The number of benzene rings is 1. The third-order valence-corrected chi connectivity index (χ3v) is 4.21. The van der Waals surface area contributed by atoms with Gasteiger partial charge in [0.25, 0.3) is 0 Å². The molecule has 1 aromatic rings. The van der Waals surface area contributed by atoms with Crippen molar-refractivity contribution in [3.63, 3.8) is 0 Å². The molecule has 0 bridgehead atoms. The Morgan fingerprint density at radius 2 is 2.00 bits per heavy atom. The maximum atomic E-state index is 11.1. The number of halogens is 2. The van der Waals surface area contributed by atoms with E-state index in [0.717, 1.165) is 0 Å². The number of aliphatic hydroxyl groups is 1. The van der Waals surface area contributed by atoms with Crippen LogP contribution in [-0.4, -0.2) is 38.1 Å². The molecule has 0 aliphatic heterocycles. The zero-order valence-electron chi connectivity index (χ0n) is 10.7. The molecule has 19 heavy (non-hydrogen) atoms. The number of rotatable bonds is 6. The summed E-state index contributed by atoms with van der Waals surface area (Å²) in [5, 5.41) is 13.9. The molecular formula is C12H17Cl2NO3S. The van der Waals surface area contributed by atoms with Gasteiger partial charge in [0, 0.05) is 34.5 Å². The van der Waals surface area contributed by atoms with Crippen molar-refractivity contribution in [2.75, 3.05) is 18.6 Å². The largest absolute Gasteiger partial charge is 0.387 e. The van der Waals surface area contributed by atoms with Crippen LogP contribution in [-0.2, 0) is 9.84 Å². The van der Waals surface area contributed by atoms with Gasteiger partial charge in [-0.15, -0.1) is 0 Å². The Morgan fingerprint density at radius 3 is 2.58 bits per heavy atom. The number of hydrogen-bond donors (Lipinski definition) is 2. The third kappa shape index (κ3) is 6.10. The third-order valence-electron chi connectivity index (χ3n) is 2.53. The van der Waals surface area contributed by atoms with Gasteiger partial charge >= 0.3 is 0 Å². The molecule has 0 amide bonds. The van der Waals surface area contributed by atoms with E-state index >= 15 is 0 Å². The summed E-state index contributed by atoms with van der Waals surface area (Å²) in [6.45, 7) is 1.95. The minimum Gasteiger partial charge on any atom is -0.387 e. The molecule has 0 aliphatic carbocycles. The van der Waals surface area contributed by atoms with Gasteiger partial charge in [-0.25, -0.2) is 8.42 Å². The molecule has 1 rings (SSSR count). The van der Waals surface area contributed by atoms with Gasteiger partial charge in [0.1, 0.15) is 9.84 Å². The Balaban J connectivity index is 2.60. The summed E-state index contributed by atoms with van der Waals surface area (Å²) in [5.74, 6) is 0.0169. The molecule has 0 radical (unpaired) electrons. The highest BCUT2D eigenvalue weighted by Gasteiger charge is 2.15. The molecule has 0 saturated carbocycles. The van der Waals surface area contributed by atoms with E-state index in [4.69, 9.17) is 23.2 Å². The molecule has 1 aromatic carbocycles. The van der Waals surface area contributed by atoms with Crippen LogP contribution in [0.1, 0.15) is 18.6 Å². The minimum absolute atomic E-state index is 0.0169. The molecule has 4 nitrogen and oxygen atoms in total. The molecule has 0 aliphatic rings. The Labute approximate surface area is 123 Å². The van der Waals surface area contributed by atoms with Crippen LogP contribution in [0.25, 0.3) is 0 Å². The molecule has 108 valence electrons. The van der Waals surface area contributed by atoms with Crippen LogP contribution in [0.4, 0.5) is 0 Å². The highest BCUT2D eigenvalue weighted by atomic mass is 35.5. The highest BCUT2D eigenvalue weighted by Crippen LogP contribution is 2.26. The Kier molecular flexibility index (Phi) is 6.08. The van der Waals surface area contributed by atoms with Crippen LogP contribution in [0.2, 0.25) is 10.0 Å². The van der Waals surface area contributed by atoms with Crippen LogP contribution < -0.4 is 5.32 Å². The lowest BCUT2D eigenvalue weighted by molar-refractivity contribution is 0.172. The molecule has 0 fully saturated rings. The van der Waals surface area contributed by atoms with Gasteiger partial charge in [-0.2, -0.15) is 0 Å². The van der Waals surface area contributed by atoms with Crippen molar-refractivity contribution in [2.24, 2.45) is 0 Å². The van der Waals surface area contributed by atoms with Crippen LogP contribution in [0.15, 0.2) is 18.2 Å². The monoisotopic (exact) mass is 325 g/mol.